The van der Waals surface area contributed by atoms with Crippen LogP contribution in [0.1, 0.15) is 33.7 Å². The van der Waals surface area contributed by atoms with Crippen LogP contribution in [0.15, 0.2) is 24.3 Å². The third-order valence-electron chi connectivity index (χ3n) is 6.07. The molecule has 8 nitrogen and oxygen atoms in total. The lowest BCUT2D eigenvalue weighted by molar-refractivity contribution is -0.122. The Balaban J connectivity index is 1.40. The van der Waals surface area contributed by atoms with Crippen LogP contribution in [0.3, 0.4) is 0 Å². The Hall–Kier alpha value is -2.71. The van der Waals surface area contributed by atoms with Gasteiger partial charge in [-0.25, -0.2) is 4.68 Å². The number of rotatable bonds is 7. The Bertz CT molecular complexity index is 929. The summed E-state index contributed by atoms with van der Waals surface area (Å²) in [5.74, 6) is -0.000283. The van der Waals surface area contributed by atoms with E-state index in [-0.39, 0.29) is 11.8 Å². The zero-order valence-electron chi connectivity index (χ0n) is 18.4. The van der Waals surface area contributed by atoms with Gasteiger partial charge in [0.15, 0.2) is 5.69 Å². The molecule has 1 aromatic heterocycles. The number of amides is 2. The summed E-state index contributed by atoms with van der Waals surface area (Å²) in [6, 6.07) is 8.27. The first-order valence-corrected chi connectivity index (χ1v) is 11.0. The predicted octanol–water partition coefficient (Wildman–Crippen LogP) is 1.19. The van der Waals surface area contributed by atoms with Gasteiger partial charge in [0, 0.05) is 51.1 Å². The van der Waals surface area contributed by atoms with Crippen LogP contribution in [-0.2, 0) is 22.4 Å². The van der Waals surface area contributed by atoms with Crippen molar-refractivity contribution in [1.29, 1.82) is 0 Å². The van der Waals surface area contributed by atoms with Gasteiger partial charge >= 0.3 is 0 Å². The van der Waals surface area contributed by atoms with E-state index in [4.69, 9.17) is 9.84 Å². The molecule has 2 aliphatic rings. The van der Waals surface area contributed by atoms with Crippen LogP contribution in [0.25, 0.3) is 5.69 Å². The van der Waals surface area contributed by atoms with Crippen molar-refractivity contribution in [1.82, 2.24) is 24.9 Å². The fourth-order valence-electron chi connectivity index (χ4n) is 4.32. The molecular weight excluding hydrogens is 394 g/mol. The number of carbonyl (C=O) groups is 2. The van der Waals surface area contributed by atoms with Gasteiger partial charge in [-0.05, 0) is 38.3 Å². The summed E-state index contributed by atoms with van der Waals surface area (Å²) < 4.78 is 6.91. The molecule has 0 atom stereocenters. The van der Waals surface area contributed by atoms with Gasteiger partial charge in [-0.3, -0.25) is 14.5 Å². The van der Waals surface area contributed by atoms with E-state index in [1.165, 1.54) is 11.3 Å². The highest BCUT2D eigenvalue weighted by molar-refractivity contribution is 5.94. The number of nitrogens with one attached hydrogen (secondary N) is 1. The average Bonchev–Trinajstić information content (AvgIpc) is 3.38. The maximum absolute atomic E-state index is 13.3. The van der Waals surface area contributed by atoms with Gasteiger partial charge in [0.25, 0.3) is 5.91 Å². The van der Waals surface area contributed by atoms with Crippen LogP contribution in [0.2, 0.25) is 0 Å². The molecule has 4 rings (SSSR count). The number of hydrogen-bond donors (Lipinski definition) is 1. The lowest BCUT2D eigenvalue weighted by Crippen LogP contribution is -2.51. The predicted molar refractivity (Wildman–Crippen MR) is 118 cm³/mol. The number of carbonyl (C=O) groups excluding carboxylic acids is 2. The van der Waals surface area contributed by atoms with E-state index in [1.54, 1.807) is 7.11 Å². The van der Waals surface area contributed by atoms with E-state index < -0.39 is 0 Å². The summed E-state index contributed by atoms with van der Waals surface area (Å²) in [4.78, 5) is 29.3. The quantitative estimate of drug-likeness (QED) is 0.674. The average molecular weight is 426 g/mol. The van der Waals surface area contributed by atoms with Gasteiger partial charge in [-0.1, -0.05) is 17.7 Å². The van der Waals surface area contributed by atoms with Crippen LogP contribution in [0.4, 0.5) is 0 Å². The zero-order chi connectivity index (χ0) is 21.8. The number of hydrogen-bond acceptors (Lipinski definition) is 5. The standard InChI is InChI=1S/C23H31N5O3/c1-17-6-8-18(9-7-17)28-20-5-3-4-19(20)22(25-28)23(30)27-13-11-26(12-14-27)16-21(29)24-10-15-31-2/h6-9H,3-5,10-16H2,1-2H3,(H,24,29). The van der Waals surface area contributed by atoms with Gasteiger partial charge in [-0.2, -0.15) is 5.10 Å². The molecule has 1 N–H and O–H groups in total. The smallest absolute Gasteiger partial charge is 0.274 e. The van der Waals surface area contributed by atoms with Gasteiger partial charge in [0.1, 0.15) is 0 Å². The molecular formula is C23H31N5O3. The molecule has 2 heterocycles. The SMILES string of the molecule is COCCNC(=O)CN1CCN(C(=O)c2nn(-c3ccc(C)cc3)c3c2CCC3)CC1. The summed E-state index contributed by atoms with van der Waals surface area (Å²) in [5, 5.41) is 7.59. The number of nitrogens with zero attached hydrogens (tertiary/aromatic N) is 4. The largest absolute Gasteiger partial charge is 0.383 e. The highest BCUT2D eigenvalue weighted by atomic mass is 16.5. The third-order valence-corrected chi connectivity index (χ3v) is 6.07. The lowest BCUT2D eigenvalue weighted by Gasteiger charge is -2.34. The minimum atomic E-state index is -0.00788. The summed E-state index contributed by atoms with van der Waals surface area (Å²) in [5.41, 5.74) is 5.07. The summed E-state index contributed by atoms with van der Waals surface area (Å²) in [7, 11) is 1.61. The number of methoxy groups -OCH3 is 1. The van der Waals surface area contributed by atoms with Gasteiger partial charge in [-0.15, -0.1) is 0 Å². The van der Waals surface area contributed by atoms with Crippen molar-refractivity contribution in [2.75, 3.05) is 53.0 Å². The molecule has 1 aliphatic heterocycles. The number of aryl methyl sites for hydroxylation is 1. The van der Waals surface area contributed by atoms with Crippen molar-refractivity contribution in [3.63, 3.8) is 0 Å². The number of ether oxygens (including phenoxy) is 1. The molecule has 0 unspecified atom stereocenters. The van der Waals surface area contributed by atoms with Gasteiger partial charge in [0.2, 0.25) is 5.91 Å². The maximum Gasteiger partial charge on any atom is 0.274 e. The maximum atomic E-state index is 13.3. The molecule has 31 heavy (non-hydrogen) atoms. The monoisotopic (exact) mass is 425 g/mol. The van der Waals surface area contributed by atoms with Gasteiger partial charge < -0.3 is 15.0 Å². The Morgan fingerprint density at radius 1 is 1.10 bits per heavy atom. The molecule has 0 radical (unpaired) electrons. The normalized spacial score (nSPS) is 16.4. The molecule has 1 aromatic carbocycles. The fraction of sp³-hybridized carbons (Fsp3) is 0.522. The molecule has 1 aliphatic carbocycles. The van der Waals surface area contributed by atoms with Crippen molar-refractivity contribution in [3.05, 3.63) is 46.8 Å². The van der Waals surface area contributed by atoms with Crippen LogP contribution in [-0.4, -0.2) is 84.4 Å². The number of fused-ring (bicyclic) bond motifs is 1. The Morgan fingerprint density at radius 2 is 1.84 bits per heavy atom. The zero-order valence-corrected chi connectivity index (χ0v) is 18.4. The van der Waals surface area contributed by atoms with E-state index in [0.29, 0.717) is 51.6 Å². The first-order chi connectivity index (χ1) is 15.1. The summed E-state index contributed by atoms with van der Waals surface area (Å²) in [6.45, 7) is 6.02. The van der Waals surface area contributed by atoms with Crippen molar-refractivity contribution in [2.45, 2.75) is 26.2 Å². The van der Waals surface area contributed by atoms with E-state index in [2.05, 4.69) is 41.4 Å². The van der Waals surface area contributed by atoms with E-state index >= 15 is 0 Å². The third kappa shape index (κ3) is 4.80. The minimum Gasteiger partial charge on any atom is -0.383 e. The highest BCUT2D eigenvalue weighted by Crippen LogP contribution is 2.29. The molecule has 1 saturated heterocycles. The van der Waals surface area contributed by atoms with Crippen molar-refractivity contribution < 1.29 is 14.3 Å². The number of piperazine rings is 1. The van der Waals surface area contributed by atoms with Crippen LogP contribution >= 0.6 is 0 Å². The second-order valence-corrected chi connectivity index (χ2v) is 8.29. The minimum absolute atomic E-state index is 0.00760. The Morgan fingerprint density at radius 3 is 2.55 bits per heavy atom. The summed E-state index contributed by atoms with van der Waals surface area (Å²) >= 11 is 0. The Labute approximate surface area is 183 Å². The van der Waals surface area contributed by atoms with Crippen LogP contribution in [0, 0.1) is 6.92 Å². The van der Waals surface area contributed by atoms with E-state index in [9.17, 15) is 9.59 Å². The summed E-state index contributed by atoms with van der Waals surface area (Å²) in [6.07, 6.45) is 2.92. The first kappa shape index (κ1) is 21.5. The van der Waals surface area contributed by atoms with E-state index in [1.807, 2.05) is 9.58 Å². The first-order valence-electron chi connectivity index (χ1n) is 11.0. The topological polar surface area (TPSA) is 79.7 Å². The lowest BCUT2D eigenvalue weighted by atomic mass is 10.1. The molecule has 0 spiro atoms. The molecule has 1 fully saturated rings. The van der Waals surface area contributed by atoms with Gasteiger partial charge in [0.05, 0.1) is 18.8 Å². The molecule has 166 valence electrons. The number of aromatic nitrogens is 2. The van der Waals surface area contributed by atoms with E-state index in [0.717, 1.165) is 30.5 Å². The Kier molecular flexibility index (Phi) is 6.67. The molecule has 2 aromatic rings. The second-order valence-electron chi connectivity index (χ2n) is 8.29. The van der Waals surface area contributed by atoms with Crippen molar-refractivity contribution in [2.24, 2.45) is 0 Å². The fourth-order valence-corrected chi connectivity index (χ4v) is 4.32. The molecule has 0 bridgehead atoms. The number of benzene rings is 1. The van der Waals surface area contributed by atoms with Crippen molar-refractivity contribution in [3.8, 4) is 5.69 Å². The second kappa shape index (κ2) is 9.62. The van der Waals surface area contributed by atoms with Crippen LogP contribution in [0.5, 0.6) is 0 Å². The molecule has 8 heteroatoms. The molecule has 0 saturated carbocycles. The van der Waals surface area contributed by atoms with Crippen molar-refractivity contribution >= 4 is 11.8 Å². The van der Waals surface area contributed by atoms with Crippen LogP contribution < -0.4 is 5.32 Å². The molecule has 2 amide bonds. The highest BCUT2D eigenvalue weighted by Gasteiger charge is 2.31.